The zero-order valence-corrected chi connectivity index (χ0v) is 16.3. The van der Waals surface area contributed by atoms with Crippen molar-refractivity contribution in [2.75, 3.05) is 26.2 Å². The molecule has 0 spiro atoms. The van der Waals surface area contributed by atoms with Gasteiger partial charge in [0.25, 0.3) is 5.91 Å². The van der Waals surface area contributed by atoms with Crippen LogP contribution in [0.3, 0.4) is 0 Å². The van der Waals surface area contributed by atoms with E-state index in [0.29, 0.717) is 26.1 Å². The molecule has 1 atom stereocenters. The van der Waals surface area contributed by atoms with Gasteiger partial charge >= 0.3 is 6.03 Å². The number of imide groups is 1. The lowest BCUT2D eigenvalue weighted by atomic mass is 9.96. The maximum Gasteiger partial charge on any atom is 0.325 e. The summed E-state index contributed by atoms with van der Waals surface area (Å²) in [7, 11) is 0. The van der Waals surface area contributed by atoms with Gasteiger partial charge in [0.05, 0.1) is 0 Å². The molecule has 7 nitrogen and oxygen atoms in total. The fraction of sp³-hybridized carbons (Fsp3) is 0.526. The predicted molar refractivity (Wildman–Crippen MR) is 104 cm³/mol. The molecule has 2 aliphatic rings. The first kappa shape index (κ1) is 21.2. The van der Waals surface area contributed by atoms with Crippen LogP contribution in [0.2, 0.25) is 0 Å². The zero-order chi connectivity index (χ0) is 18.7. The molecule has 2 fully saturated rings. The summed E-state index contributed by atoms with van der Waals surface area (Å²) >= 11 is 0. The van der Waals surface area contributed by atoms with Crippen molar-refractivity contribution in [3.05, 3.63) is 35.9 Å². The summed E-state index contributed by atoms with van der Waals surface area (Å²) in [4.78, 5) is 40.3. The first-order chi connectivity index (χ1) is 12.5. The van der Waals surface area contributed by atoms with Gasteiger partial charge in [-0.05, 0) is 37.7 Å². The Balaban J connectivity index is 0.00000261. The van der Waals surface area contributed by atoms with Gasteiger partial charge in [-0.2, -0.15) is 0 Å². The van der Waals surface area contributed by atoms with Crippen LogP contribution in [0, 0.1) is 5.92 Å². The third-order valence-corrected chi connectivity index (χ3v) is 5.25. The Morgan fingerprint density at radius 2 is 1.93 bits per heavy atom. The molecule has 3 N–H and O–H groups in total. The normalized spacial score (nSPS) is 21.6. The number of hydrogen-bond donors (Lipinski definition) is 2. The molecule has 3 rings (SSSR count). The van der Waals surface area contributed by atoms with Crippen LogP contribution in [0.15, 0.2) is 30.3 Å². The predicted octanol–water partition coefficient (Wildman–Crippen LogP) is 1.16. The van der Waals surface area contributed by atoms with E-state index in [-0.39, 0.29) is 36.7 Å². The molecule has 0 bridgehead atoms. The zero-order valence-electron chi connectivity index (χ0n) is 15.5. The molecule has 0 aromatic heterocycles. The molecule has 27 heavy (non-hydrogen) atoms. The van der Waals surface area contributed by atoms with Crippen LogP contribution in [-0.2, 0) is 16.0 Å². The lowest BCUT2D eigenvalue weighted by Gasteiger charge is -2.25. The van der Waals surface area contributed by atoms with Crippen molar-refractivity contribution in [1.82, 2.24) is 15.1 Å². The molecule has 148 valence electrons. The quantitative estimate of drug-likeness (QED) is 0.647. The van der Waals surface area contributed by atoms with Crippen molar-refractivity contribution in [3.63, 3.8) is 0 Å². The molecule has 1 heterocycles. The number of rotatable bonds is 8. The van der Waals surface area contributed by atoms with E-state index >= 15 is 0 Å². The molecule has 1 aliphatic heterocycles. The summed E-state index contributed by atoms with van der Waals surface area (Å²) < 4.78 is 0. The number of hydrogen-bond acceptors (Lipinski definition) is 4. The average Bonchev–Trinajstić information content (AvgIpc) is 3.45. The van der Waals surface area contributed by atoms with Crippen molar-refractivity contribution in [2.24, 2.45) is 11.7 Å². The Hall–Kier alpha value is -2.12. The van der Waals surface area contributed by atoms with Crippen LogP contribution in [0.4, 0.5) is 4.79 Å². The van der Waals surface area contributed by atoms with E-state index in [1.807, 2.05) is 30.3 Å². The second-order valence-corrected chi connectivity index (χ2v) is 7.20. The Morgan fingerprint density at radius 1 is 1.26 bits per heavy atom. The van der Waals surface area contributed by atoms with E-state index in [9.17, 15) is 14.4 Å². The van der Waals surface area contributed by atoms with E-state index in [0.717, 1.165) is 23.3 Å². The van der Waals surface area contributed by atoms with E-state index < -0.39 is 11.6 Å². The number of carbonyl (C=O) groups excluding carboxylic acids is 3. The molecule has 4 amide bonds. The summed E-state index contributed by atoms with van der Waals surface area (Å²) in [6, 6.07) is 9.38. The number of benzene rings is 1. The maximum atomic E-state index is 12.7. The topological polar surface area (TPSA) is 95.7 Å². The monoisotopic (exact) mass is 394 g/mol. The highest BCUT2D eigenvalue weighted by Crippen LogP contribution is 2.42. The summed E-state index contributed by atoms with van der Waals surface area (Å²) in [6.07, 6.45) is 2.56. The molecule has 1 aromatic carbocycles. The first-order valence-corrected chi connectivity index (χ1v) is 9.11. The van der Waals surface area contributed by atoms with Gasteiger partial charge in [-0.25, -0.2) is 4.79 Å². The van der Waals surface area contributed by atoms with Gasteiger partial charge in [0.2, 0.25) is 5.91 Å². The van der Waals surface area contributed by atoms with Crippen molar-refractivity contribution in [2.45, 2.75) is 31.7 Å². The minimum absolute atomic E-state index is 0. The lowest BCUT2D eigenvalue weighted by molar-refractivity contribution is -0.139. The summed E-state index contributed by atoms with van der Waals surface area (Å²) in [5.74, 6) is -0.374. The summed E-state index contributed by atoms with van der Waals surface area (Å²) in [5, 5.41) is 2.77. The number of amides is 4. The number of carbonyl (C=O) groups is 3. The fourth-order valence-electron chi connectivity index (χ4n) is 3.46. The maximum absolute atomic E-state index is 12.7. The van der Waals surface area contributed by atoms with Gasteiger partial charge < -0.3 is 16.0 Å². The third kappa shape index (κ3) is 4.59. The van der Waals surface area contributed by atoms with E-state index in [2.05, 4.69) is 5.32 Å². The number of nitrogens with zero attached hydrogens (tertiary/aromatic N) is 2. The van der Waals surface area contributed by atoms with E-state index in [1.165, 1.54) is 0 Å². The Morgan fingerprint density at radius 3 is 2.52 bits per heavy atom. The van der Waals surface area contributed by atoms with Crippen LogP contribution in [-0.4, -0.2) is 59.4 Å². The van der Waals surface area contributed by atoms with Gasteiger partial charge in [-0.3, -0.25) is 14.5 Å². The van der Waals surface area contributed by atoms with Gasteiger partial charge in [-0.15, -0.1) is 12.4 Å². The highest BCUT2D eigenvalue weighted by Gasteiger charge is 2.56. The number of nitrogens with two attached hydrogens (primary N) is 1. The Bertz CT molecular complexity index is 695. The van der Waals surface area contributed by atoms with Gasteiger partial charge in [0.15, 0.2) is 0 Å². The second kappa shape index (κ2) is 8.71. The number of urea groups is 1. The van der Waals surface area contributed by atoms with Gasteiger partial charge in [-0.1, -0.05) is 30.3 Å². The Labute approximate surface area is 165 Å². The van der Waals surface area contributed by atoms with Gasteiger partial charge in [0, 0.05) is 19.6 Å². The Kier molecular flexibility index (Phi) is 6.84. The molecule has 1 unspecified atom stereocenters. The summed E-state index contributed by atoms with van der Waals surface area (Å²) in [6.45, 7) is 2.75. The number of nitrogens with one attached hydrogen (secondary N) is 1. The van der Waals surface area contributed by atoms with Crippen molar-refractivity contribution < 1.29 is 14.4 Å². The average molecular weight is 395 g/mol. The largest absolute Gasteiger partial charge is 0.340 e. The van der Waals surface area contributed by atoms with E-state index in [4.69, 9.17) is 5.73 Å². The third-order valence-electron chi connectivity index (χ3n) is 5.25. The van der Waals surface area contributed by atoms with E-state index in [1.54, 1.807) is 11.8 Å². The van der Waals surface area contributed by atoms with Gasteiger partial charge in [0.1, 0.15) is 12.1 Å². The van der Waals surface area contributed by atoms with Crippen LogP contribution in [0.25, 0.3) is 0 Å². The minimum atomic E-state index is -0.861. The molecular formula is C19H27ClN4O3. The van der Waals surface area contributed by atoms with Crippen molar-refractivity contribution >= 4 is 30.3 Å². The van der Waals surface area contributed by atoms with Crippen LogP contribution >= 0.6 is 12.4 Å². The number of halogens is 1. The first-order valence-electron chi connectivity index (χ1n) is 9.11. The van der Waals surface area contributed by atoms with Crippen LogP contribution in [0.1, 0.15) is 25.3 Å². The SMILES string of the molecule is CC1(C2CC2)NC(=O)N(CC(=O)N(CCN)CCc2ccccc2)C1=O.Cl. The highest BCUT2D eigenvalue weighted by molar-refractivity contribution is 6.09. The molecule has 1 saturated carbocycles. The highest BCUT2D eigenvalue weighted by atomic mass is 35.5. The smallest absolute Gasteiger partial charge is 0.325 e. The lowest BCUT2D eigenvalue weighted by Crippen LogP contribution is -2.48. The van der Waals surface area contributed by atoms with Crippen molar-refractivity contribution in [1.29, 1.82) is 0 Å². The molecule has 1 aromatic rings. The minimum Gasteiger partial charge on any atom is -0.340 e. The van der Waals surface area contributed by atoms with Crippen LogP contribution in [0.5, 0.6) is 0 Å². The molecule has 0 radical (unpaired) electrons. The molecule has 1 saturated heterocycles. The van der Waals surface area contributed by atoms with Crippen LogP contribution < -0.4 is 11.1 Å². The second-order valence-electron chi connectivity index (χ2n) is 7.20. The molecular weight excluding hydrogens is 368 g/mol. The molecule has 8 heteroatoms. The van der Waals surface area contributed by atoms with Crippen molar-refractivity contribution in [3.8, 4) is 0 Å². The standard InChI is InChI=1S/C19H26N4O3.ClH/c1-19(15-7-8-15)17(25)23(18(26)21-19)13-16(24)22(12-10-20)11-9-14-5-3-2-4-6-14;/h2-6,15H,7-13,20H2,1H3,(H,21,26);1H. The summed E-state index contributed by atoms with van der Waals surface area (Å²) in [5.41, 5.74) is 5.90. The fourth-order valence-corrected chi connectivity index (χ4v) is 3.46. The molecule has 1 aliphatic carbocycles.